The maximum absolute atomic E-state index is 5.57. The second kappa shape index (κ2) is 9.54. The molecule has 2 aromatic rings. The van der Waals surface area contributed by atoms with E-state index in [-0.39, 0.29) is 0 Å². The van der Waals surface area contributed by atoms with Gasteiger partial charge in [0.15, 0.2) is 0 Å². The molecule has 22 heavy (non-hydrogen) atoms. The van der Waals surface area contributed by atoms with Crippen LogP contribution in [0.2, 0.25) is 0 Å². The first-order chi connectivity index (χ1) is 10.9. The van der Waals surface area contributed by atoms with Crippen molar-refractivity contribution >= 4 is 11.8 Å². The molecule has 0 aliphatic rings. The van der Waals surface area contributed by atoms with E-state index in [1.54, 1.807) is 7.11 Å². The highest BCUT2D eigenvalue weighted by Crippen LogP contribution is 2.38. The topological polar surface area (TPSA) is 21.3 Å². The van der Waals surface area contributed by atoms with E-state index < -0.39 is 0 Å². The Morgan fingerprint density at radius 2 is 1.82 bits per heavy atom. The van der Waals surface area contributed by atoms with Crippen LogP contribution in [0.25, 0.3) is 11.1 Å². The molecule has 0 radical (unpaired) electrons. The van der Waals surface area contributed by atoms with Gasteiger partial charge in [0.1, 0.15) is 5.75 Å². The van der Waals surface area contributed by atoms with Gasteiger partial charge in [0, 0.05) is 22.8 Å². The molecule has 0 bridgehead atoms. The average molecular weight is 315 g/mol. The van der Waals surface area contributed by atoms with Gasteiger partial charge in [-0.3, -0.25) is 0 Å². The lowest BCUT2D eigenvalue weighted by Gasteiger charge is -2.14. The molecule has 0 aliphatic carbocycles. The molecule has 2 rings (SSSR count). The van der Waals surface area contributed by atoms with Crippen molar-refractivity contribution in [1.29, 1.82) is 0 Å². The van der Waals surface area contributed by atoms with E-state index in [4.69, 9.17) is 4.74 Å². The van der Waals surface area contributed by atoms with Crippen LogP contribution in [0.15, 0.2) is 53.4 Å². The van der Waals surface area contributed by atoms with Gasteiger partial charge in [-0.25, -0.2) is 0 Å². The van der Waals surface area contributed by atoms with Crippen molar-refractivity contribution in [2.75, 3.05) is 26.0 Å². The Morgan fingerprint density at radius 1 is 1.00 bits per heavy atom. The number of nitrogens with one attached hydrogen (secondary N) is 1. The smallest absolute Gasteiger partial charge is 0.127 e. The molecule has 0 aromatic heterocycles. The zero-order valence-corrected chi connectivity index (χ0v) is 14.3. The minimum atomic E-state index is 0.940. The Kier molecular flexibility index (Phi) is 7.34. The number of methoxy groups -OCH3 is 1. The Bertz CT molecular complexity index is 557. The summed E-state index contributed by atoms with van der Waals surface area (Å²) >= 11 is 1.89. The summed E-state index contributed by atoms with van der Waals surface area (Å²) in [6.07, 6.45) is 2.49. The molecule has 3 heteroatoms. The van der Waals surface area contributed by atoms with Gasteiger partial charge in [0.2, 0.25) is 0 Å². The van der Waals surface area contributed by atoms with Gasteiger partial charge in [0.25, 0.3) is 0 Å². The summed E-state index contributed by atoms with van der Waals surface area (Å²) < 4.78 is 5.57. The van der Waals surface area contributed by atoms with Gasteiger partial charge < -0.3 is 10.1 Å². The van der Waals surface area contributed by atoms with E-state index in [1.807, 2.05) is 23.9 Å². The number of unbranched alkanes of at least 4 members (excludes halogenated alkanes) is 1. The summed E-state index contributed by atoms with van der Waals surface area (Å²) in [5.41, 5.74) is 2.41. The highest BCUT2D eigenvalue weighted by Gasteiger charge is 2.11. The lowest BCUT2D eigenvalue weighted by Crippen LogP contribution is -2.18. The van der Waals surface area contributed by atoms with E-state index in [1.165, 1.54) is 28.9 Å². The van der Waals surface area contributed by atoms with Crippen molar-refractivity contribution in [3.63, 3.8) is 0 Å². The van der Waals surface area contributed by atoms with Gasteiger partial charge in [-0.05, 0) is 30.7 Å². The molecule has 2 aromatic carbocycles. The summed E-state index contributed by atoms with van der Waals surface area (Å²) in [6.45, 7) is 4.37. The predicted octanol–water partition coefficient (Wildman–Crippen LogP) is 4.84. The summed E-state index contributed by atoms with van der Waals surface area (Å²) in [5, 5.41) is 3.49. The Morgan fingerprint density at radius 3 is 2.55 bits per heavy atom. The zero-order chi connectivity index (χ0) is 15.6. The molecule has 118 valence electrons. The number of hydrogen-bond acceptors (Lipinski definition) is 3. The van der Waals surface area contributed by atoms with Crippen LogP contribution >= 0.6 is 11.8 Å². The fourth-order valence-corrected chi connectivity index (χ4v) is 3.35. The molecular weight excluding hydrogens is 290 g/mol. The van der Waals surface area contributed by atoms with E-state index in [2.05, 4.69) is 48.6 Å². The summed E-state index contributed by atoms with van der Waals surface area (Å²) in [6, 6.07) is 16.8. The van der Waals surface area contributed by atoms with Gasteiger partial charge in [-0.2, -0.15) is 0 Å². The van der Waals surface area contributed by atoms with Gasteiger partial charge in [-0.15, -0.1) is 11.8 Å². The first-order valence-corrected chi connectivity index (χ1v) is 8.91. The molecule has 0 atom stereocenters. The molecule has 2 nitrogen and oxygen atoms in total. The van der Waals surface area contributed by atoms with Crippen molar-refractivity contribution in [2.24, 2.45) is 0 Å². The third-order valence-corrected chi connectivity index (χ3v) is 4.57. The van der Waals surface area contributed by atoms with Crippen LogP contribution in [0, 0.1) is 0 Å². The molecule has 0 saturated carbocycles. The van der Waals surface area contributed by atoms with Crippen LogP contribution < -0.4 is 10.1 Å². The average Bonchev–Trinajstić information content (AvgIpc) is 2.58. The minimum absolute atomic E-state index is 0.940. The Labute approximate surface area is 138 Å². The SMILES string of the molecule is CCCCNCCSc1cccc(OC)c1-c1ccccc1. The molecule has 0 saturated heterocycles. The third-order valence-electron chi connectivity index (χ3n) is 3.51. The van der Waals surface area contributed by atoms with E-state index in [0.29, 0.717) is 0 Å². The number of rotatable bonds is 9. The van der Waals surface area contributed by atoms with Crippen LogP contribution in [0.1, 0.15) is 19.8 Å². The van der Waals surface area contributed by atoms with Crippen molar-refractivity contribution in [1.82, 2.24) is 5.32 Å². The second-order valence-electron chi connectivity index (χ2n) is 5.15. The van der Waals surface area contributed by atoms with E-state index >= 15 is 0 Å². The van der Waals surface area contributed by atoms with Gasteiger partial charge in [0.05, 0.1) is 7.11 Å². The third kappa shape index (κ3) is 4.79. The maximum atomic E-state index is 5.57. The quantitative estimate of drug-likeness (QED) is 0.528. The summed E-state index contributed by atoms with van der Waals surface area (Å²) in [5.74, 6) is 2.01. The predicted molar refractivity (Wildman–Crippen MR) is 96.9 cm³/mol. The molecule has 0 fully saturated rings. The maximum Gasteiger partial charge on any atom is 0.127 e. The molecule has 1 N–H and O–H groups in total. The molecule has 0 amide bonds. The fourth-order valence-electron chi connectivity index (χ4n) is 2.35. The second-order valence-corrected chi connectivity index (χ2v) is 6.29. The zero-order valence-electron chi connectivity index (χ0n) is 13.5. The van der Waals surface area contributed by atoms with Gasteiger partial charge >= 0.3 is 0 Å². The first-order valence-electron chi connectivity index (χ1n) is 7.92. The number of ether oxygens (including phenoxy) is 1. The number of thioether (sulfide) groups is 1. The molecular formula is C19H25NOS. The normalized spacial score (nSPS) is 10.6. The highest BCUT2D eigenvalue weighted by molar-refractivity contribution is 7.99. The standard InChI is InChI=1S/C19H25NOS/c1-3-4-13-20-14-15-22-18-12-8-11-17(21-2)19(18)16-9-6-5-7-10-16/h5-12,20H,3-4,13-15H2,1-2H3. The minimum Gasteiger partial charge on any atom is -0.496 e. The van der Waals surface area contributed by atoms with E-state index in [9.17, 15) is 0 Å². The van der Waals surface area contributed by atoms with E-state index in [0.717, 1.165) is 24.6 Å². The Hall–Kier alpha value is -1.45. The first kappa shape index (κ1) is 16.9. The molecule has 0 heterocycles. The van der Waals surface area contributed by atoms with Crippen LogP contribution in [0.3, 0.4) is 0 Å². The van der Waals surface area contributed by atoms with Crippen LogP contribution in [0.4, 0.5) is 0 Å². The molecule has 0 aliphatic heterocycles. The summed E-state index contributed by atoms with van der Waals surface area (Å²) in [4.78, 5) is 1.28. The van der Waals surface area contributed by atoms with Crippen molar-refractivity contribution in [2.45, 2.75) is 24.7 Å². The number of benzene rings is 2. The van der Waals surface area contributed by atoms with Crippen LogP contribution in [-0.4, -0.2) is 26.0 Å². The number of hydrogen-bond donors (Lipinski definition) is 1. The van der Waals surface area contributed by atoms with Crippen molar-refractivity contribution in [3.8, 4) is 16.9 Å². The fraction of sp³-hybridized carbons (Fsp3) is 0.368. The lowest BCUT2D eigenvalue weighted by molar-refractivity contribution is 0.415. The summed E-state index contributed by atoms with van der Waals surface area (Å²) in [7, 11) is 1.74. The molecule has 0 unspecified atom stereocenters. The van der Waals surface area contributed by atoms with Gasteiger partial charge in [-0.1, -0.05) is 49.7 Å². The van der Waals surface area contributed by atoms with Crippen LogP contribution in [-0.2, 0) is 0 Å². The molecule has 0 spiro atoms. The van der Waals surface area contributed by atoms with Crippen molar-refractivity contribution < 1.29 is 4.74 Å². The van der Waals surface area contributed by atoms with Crippen molar-refractivity contribution in [3.05, 3.63) is 48.5 Å². The largest absolute Gasteiger partial charge is 0.496 e. The lowest BCUT2D eigenvalue weighted by atomic mass is 10.0. The van der Waals surface area contributed by atoms with Crippen LogP contribution in [0.5, 0.6) is 5.75 Å². The monoisotopic (exact) mass is 315 g/mol. The highest BCUT2D eigenvalue weighted by atomic mass is 32.2. The Balaban J connectivity index is 2.07.